The lowest BCUT2D eigenvalue weighted by molar-refractivity contribution is -0.126. The highest BCUT2D eigenvalue weighted by Crippen LogP contribution is 2.34. The quantitative estimate of drug-likeness (QED) is 0.762. The Labute approximate surface area is 140 Å². The average Bonchev–Trinajstić information content (AvgIpc) is 3.03. The maximum absolute atomic E-state index is 12.7. The summed E-state index contributed by atoms with van der Waals surface area (Å²) in [6, 6.07) is 4.88. The number of hydrogen-bond acceptors (Lipinski definition) is 4. The molecule has 0 saturated heterocycles. The first-order chi connectivity index (χ1) is 11.6. The summed E-state index contributed by atoms with van der Waals surface area (Å²) in [5, 5.41) is 2.81. The van der Waals surface area contributed by atoms with Gasteiger partial charge < -0.3 is 20.5 Å². The molecular formula is C17H24F2N2O3. The van der Waals surface area contributed by atoms with Crippen molar-refractivity contribution >= 4 is 5.91 Å². The Bertz CT molecular complexity index is 555. The van der Waals surface area contributed by atoms with Gasteiger partial charge in [0, 0.05) is 18.0 Å². The number of rotatable bonds is 8. The predicted molar refractivity (Wildman–Crippen MR) is 86.0 cm³/mol. The number of carbonyl (C=O) groups excluding carboxylic acids is 1. The highest BCUT2D eigenvalue weighted by molar-refractivity contribution is 5.79. The van der Waals surface area contributed by atoms with Gasteiger partial charge in [-0.2, -0.15) is 8.78 Å². The number of nitrogens with two attached hydrogens (primary N) is 1. The van der Waals surface area contributed by atoms with Gasteiger partial charge in [-0.05, 0) is 38.3 Å². The van der Waals surface area contributed by atoms with E-state index in [1.165, 1.54) is 0 Å². The van der Waals surface area contributed by atoms with E-state index < -0.39 is 6.61 Å². The highest BCUT2D eigenvalue weighted by atomic mass is 19.3. The molecule has 1 fully saturated rings. The van der Waals surface area contributed by atoms with Crippen LogP contribution in [0.1, 0.15) is 31.7 Å². The molecule has 7 heteroatoms. The average molecular weight is 342 g/mol. The summed E-state index contributed by atoms with van der Waals surface area (Å²) in [4.78, 5) is 12.3. The molecule has 0 aliphatic heterocycles. The molecule has 24 heavy (non-hydrogen) atoms. The van der Waals surface area contributed by atoms with Crippen molar-refractivity contribution in [3.8, 4) is 11.5 Å². The normalized spacial score (nSPS) is 20.2. The van der Waals surface area contributed by atoms with Crippen LogP contribution in [0.25, 0.3) is 0 Å². The van der Waals surface area contributed by atoms with Crippen molar-refractivity contribution in [3.05, 3.63) is 23.8 Å². The summed E-state index contributed by atoms with van der Waals surface area (Å²) in [7, 11) is 0. The summed E-state index contributed by atoms with van der Waals surface area (Å²) < 4.78 is 35.3. The number of carbonyl (C=O) groups is 1. The van der Waals surface area contributed by atoms with Crippen molar-refractivity contribution < 1.29 is 23.0 Å². The molecule has 0 radical (unpaired) electrons. The van der Waals surface area contributed by atoms with Crippen molar-refractivity contribution in [1.82, 2.24) is 5.32 Å². The van der Waals surface area contributed by atoms with Gasteiger partial charge in [0.25, 0.3) is 0 Å². The number of alkyl halides is 2. The van der Waals surface area contributed by atoms with Crippen LogP contribution in [0.2, 0.25) is 0 Å². The first-order valence-electron chi connectivity index (χ1n) is 8.24. The fraction of sp³-hybridized carbons (Fsp3) is 0.588. The zero-order valence-electron chi connectivity index (χ0n) is 13.8. The molecule has 1 aromatic carbocycles. The fourth-order valence-electron chi connectivity index (χ4n) is 3.17. The molecule has 1 aromatic rings. The third-order valence-electron chi connectivity index (χ3n) is 4.32. The van der Waals surface area contributed by atoms with E-state index in [1.54, 1.807) is 25.1 Å². The van der Waals surface area contributed by atoms with E-state index in [0.717, 1.165) is 19.3 Å². The maximum Gasteiger partial charge on any atom is 0.387 e. The molecule has 1 aliphatic rings. The molecule has 0 unspecified atom stereocenters. The SMILES string of the molecule is CCOc1cccc(CNC(=O)[C@@H]2CCC[C@@H]2CN)c1OC(F)F. The number of amides is 1. The second-order valence-electron chi connectivity index (χ2n) is 5.81. The number of benzene rings is 1. The van der Waals surface area contributed by atoms with Gasteiger partial charge >= 0.3 is 6.61 Å². The van der Waals surface area contributed by atoms with Gasteiger partial charge in [-0.3, -0.25) is 4.79 Å². The summed E-state index contributed by atoms with van der Waals surface area (Å²) in [5.74, 6) is 0.204. The lowest BCUT2D eigenvalue weighted by Gasteiger charge is -2.19. The molecule has 0 bridgehead atoms. The van der Waals surface area contributed by atoms with Crippen molar-refractivity contribution in [2.24, 2.45) is 17.6 Å². The first-order valence-corrected chi connectivity index (χ1v) is 8.24. The van der Waals surface area contributed by atoms with E-state index in [1.807, 2.05) is 0 Å². The van der Waals surface area contributed by atoms with E-state index >= 15 is 0 Å². The molecule has 1 saturated carbocycles. The number of hydrogen-bond donors (Lipinski definition) is 2. The second kappa shape index (κ2) is 8.82. The van der Waals surface area contributed by atoms with E-state index in [0.29, 0.717) is 18.7 Å². The Kier molecular flexibility index (Phi) is 6.78. The highest BCUT2D eigenvalue weighted by Gasteiger charge is 2.31. The van der Waals surface area contributed by atoms with Gasteiger partial charge in [-0.25, -0.2) is 0 Å². The summed E-state index contributed by atoms with van der Waals surface area (Å²) in [6.07, 6.45) is 2.75. The maximum atomic E-state index is 12.7. The molecule has 2 atom stereocenters. The third-order valence-corrected chi connectivity index (χ3v) is 4.32. The minimum atomic E-state index is -2.96. The molecule has 0 heterocycles. The first kappa shape index (κ1) is 18.4. The van der Waals surface area contributed by atoms with Crippen LogP contribution in [-0.2, 0) is 11.3 Å². The second-order valence-corrected chi connectivity index (χ2v) is 5.81. The van der Waals surface area contributed by atoms with Crippen LogP contribution in [0.4, 0.5) is 8.78 Å². The molecule has 5 nitrogen and oxygen atoms in total. The molecule has 134 valence electrons. The van der Waals surface area contributed by atoms with E-state index in [4.69, 9.17) is 10.5 Å². The van der Waals surface area contributed by atoms with E-state index in [2.05, 4.69) is 10.1 Å². The summed E-state index contributed by atoms with van der Waals surface area (Å²) in [6.45, 7) is -0.283. The minimum absolute atomic E-state index is 0.0311. The largest absolute Gasteiger partial charge is 0.490 e. The van der Waals surface area contributed by atoms with Crippen LogP contribution in [0.15, 0.2) is 18.2 Å². The Balaban J connectivity index is 2.08. The molecule has 1 amide bonds. The van der Waals surface area contributed by atoms with Crippen LogP contribution in [-0.4, -0.2) is 25.7 Å². The van der Waals surface area contributed by atoms with E-state index in [9.17, 15) is 13.6 Å². The van der Waals surface area contributed by atoms with Crippen LogP contribution in [0.3, 0.4) is 0 Å². The Morgan fingerprint density at radius 1 is 1.42 bits per heavy atom. The number of halogens is 2. The Hall–Kier alpha value is -1.89. The summed E-state index contributed by atoms with van der Waals surface area (Å²) >= 11 is 0. The van der Waals surface area contributed by atoms with Crippen molar-refractivity contribution in [3.63, 3.8) is 0 Å². The van der Waals surface area contributed by atoms with Gasteiger partial charge in [0.05, 0.1) is 6.61 Å². The van der Waals surface area contributed by atoms with Gasteiger partial charge in [0.2, 0.25) is 5.91 Å². The van der Waals surface area contributed by atoms with Crippen LogP contribution in [0, 0.1) is 11.8 Å². The number of ether oxygens (including phenoxy) is 2. The minimum Gasteiger partial charge on any atom is -0.490 e. The van der Waals surface area contributed by atoms with Crippen LogP contribution >= 0.6 is 0 Å². The van der Waals surface area contributed by atoms with Crippen molar-refractivity contribution in [1.29, 1.82) is 0 Å². The standard InChI is InChI=1S/C17H24F2N2O3/c1-2-23-14-8-4-6-12(15(14)24-17(18)19)10-21-16(22)13-7-3-5-11(13)9-20/h4,6,8,11,13,17H,2-3,5,7,9-10,20H2,1H3,(H,21,22)/t11-,13-/m1/s1. The lowest BCUT2D eigenvalue weighted by atomic mass is 9.95. The van der Waals surface area contributed by atoms with Gasteiger partial charge in [0.15, 0.2) is 11.5 Å². The fourth-order valence-corrected chi connectivity index (χ4v) is 3.17. The smallest absolute Gasteiger partial charge is 0.387 e. The lowest BCUT2D eigenvalue weighted by Crippen LogP contribution is -2.34. The van der Waals surface area contributed by atoms with Gasteiger partial charge in [0.1, 0.15) is 0 Å². The molecule has 0 aromatic heterocycles. The predicted octanol–water partition coefficient (Wildman–Crippen LogP) is 2.68. The van der Waals surface area contributed by atoms with Crippen LogP contribution < -0.4 is 20.5 Å². The zero-order valence-corrected chi connectivity index (χ0v) is 13.8. The van der Waals surface area contributed by atoms with Crippen molar-refractivity contribution in [2.45, 2.75) is 39.3 Å². The molecule has 0 spiro atoms. The van der Waals surface area contributed by atoms with Gasteiger partial charge in [-0.1, -0.05) is 18.6 Å². The third kappa shape index (κ3) is 4.56. The Morgan fingerprint density at radius 2 is 2.21 bits per heavy atom. The molecular weight excluding hydrogens is 318 g/mol. The van der Waals surface area contributed by atoms with Crippen LogP contribution in [0.5, 0.6) is 11.5 Å². The number of nitrogens with one attached hydrogen (secondary N) is 1. The Morgan fingerprint density at radius 3 is 2.88 bits per heavy atom. The summed E-state index contributed by atoms with van der Waals surface area (Å²) in [5.41, 5.74) is 6.16. The topological polar surface area (TPSA) is 73.6 Å². The van der Waals surface area contributed by atoms with Gasteiger partial charge in [-0.15, -0.1) is 0 Å². The van der Waals surface area contributed by atoms with E-state index in [-0.39, 0.29) is 35.8 Å². The van der Waals surface area contributed by atoms with Crippen molar-refractivity contribution in [2.75, 3.05) is 13.2 Å². The molecule has 3 N–H and O–H groups in total. The molecule has 1 aliphatic carbocycles. The number of para-hydroxylation sites is 1. The molecule has 2 rings (SSSR count). The zero-order chi connectivity index (χ0) is 17.5. The monoisotopic (exact) mass is 342 g/mol.